The van der Waals surface area contributed by atoms with Crippen molar-refractivity contribution in [3.8, 4) is 0 Å². The molecule has 1 saturated carbocycles. The van der Waals surface area contributed by atoms with Crippen LogP contribution in [-0.2, 0) is 6.54 Å². The molecule has 0 aromatic carbocycles. The number of nitrogens with zero attached hydrogens (tertiary/aromatic N) is 2. The van der Waals surface area contributed by atoms with Crippen LogP contribution in [-0.4, -0.2) is 38.6 Å². The van der Waals surface area contributed by atoms with Crippen LogP contribution in [0.1, 0.15) is 25.7 Å². The van der Waals surface area contributed by atoms with Crippen molar-refractivity contribution in [2.75, 3.05) is 7.05 Å². The molecule has 1 unspecified atom stereocenters. The van der Waals surface area contributed by atoms with Gasteiger partial charge >= 0.3 is 0 Å². The monoisotopic (exact) mass is 304 g/mol. The molecule has 1 atom stereocenters. The van der Waals surface area contributed by atoms with Crippen LogP contribution < -0.4 is 5.56 Å². The maximum absolute atomic E-state index is 11.9. The fourth-order valence-corrected chi connectivity index (χ4v) is 4.51. The highest BCUT2D eigenvalue weighted by Crippen LogP contribution is 2.39. The average Bonchev–Trinajstić information content (AvgIpc) is 2.96. The molecule has 1 aliphatic carbocycles. The van der Waals surface area contributed by atoms with Gasteiger partial charge in [0, 0.05) is 24.8 Å². The van der Waals surface area contributed by atoms with E-state index in [0.29, 0.717) is 16.3 Å². The smallest absolute Gasteiger partial charge is 0.276 e. The summed E-state index contributed by atoms with van der Waals surface area (Å²) in [6.07, 6.45) is 7.11. The Morgan fingerprint density at radius 1 is 1.33 bits per heavy atom. The first-order valence-corrected chi connectivity index (χ1v) is 8.08. The third-order valence-corrected chi connectivity index (χ3v) is 5.79. The molecule has 5 nitrogen and oxygen atoms in total. The SMILES string of the molecule is CN1C2CCC(CC2)C1Cn1c(=S)[nH]c(=O)c2[nH]ccc21. The Morgan fingerprint density at radius 2 is 2.10 bits per heavy atom. The summed E-state index contributed by atoms with van der Waals surface area (Å²) in [4.78, 5) is 20.3. The summed E-state index contributed by atoms with van der Waals surface area (Å²) in [6.45, 7) is 0.863. The Bertz CT molecular complexity index is 779. The van der Waals surface area contributed by atoms with Crippen LogP contribution >= 0.6 is 12.2 Å². The molecule has 5 rings (SSSR count). The molecule has 112 valence electrons. The van der Waals surface area contributed by atoms with Crippen molar-refractivity contribution in [1.29, 1.82) is 0 Å². The zero-order chi connectivity index (χ0) is 14.6. The van der Waals surface area contributed by atoms with Gasteiger partial charge in [-0.1, -0.05) is 0 Å². The molecule has 6 heteroatoms. The molecule has 2 N–H and O–H groups in total. The number of nitrogens with one attached hydrogen (secondary N) is 2. The molecule has 0 spiro atoms. The van der Waals surface area contributed by atoms with Crippen LogP contribution in [0.15, 0.2) is 17.1 Å². The lowest BCUT2D eigenvalue weighted by Gasteiger charge is -2.50. The van der Waals surface area contributed by atoms with E-state index in [9.17, 15) is 4.79 Å². The van der Waals surface area contributed by atoms with Gasteiger partial charge in [-0.2, -0.15) is 0 Å². The highest BCUT2D eigenvalue weighted by Gasteiger charge is 2.39. The van der Waals surface area contributed by atoms with E-state index in [1.165, 1.54) is 25.7 Å². The van der Waals surface area contributed by atoms with Crippen LogP contribution in [0.3, 0.4) is 0 Å². The molecule has 0 amide bonds. The topological polar surface area (TPSA) is 56.8 Å². The van der Waals surface area contributed by atoms with Gasteiger partial charge in [0.1, 0.15) is 5.52 Å². The summed E-state index contributed by atoms with van der Waals surface area (Å²) in [6, 6.07) is 3.19. The van der Waals surface area contributed by atoms with Gasteiger partial charge in [0.15, 0.2) is 4.77 Å². The fourth-order valence-electron chi connectivity index (χ4n) is 4.25. The van der Waals surface area contributed by atoms with E-state index in [4.69, 9.17) is 12.2 Å². The molecule has 21 heavy (non-hydrogen) atoms. The van der Waals surface area contributed by atoms with Gasteiger partial charge in [0.2, 0.25) is 0 Å². The lowest BCUT2D eigenvalue weighted by atomic mass is 9.75. The lowest BCUT2D eigenvalue weighted by molar-refractivity contribution is 0.000364. The molecule has 3 fully saturated rings. The summed E-state index contributed by atoms with van der Waals surface area (Å²) >= 11 is 5.40. The Balaban J connectivity index is 1.76. The molecular formula is C15H20N4OS. The normalized spacial score (nSPS) is 29.3. The van der Waals surface area contributed by atoms with Crippen molar-refractivity contribution < 1.29 is 0 Å². The highest BCUT2D eigenvalue weighted by molar-refractivity contribution is 7.71. The molecule has 2 aromatic heterocycles. The minimum Gasteiger partial charge on any atom is -0.355 e. The molecule has 3 aliphatic rings. The maximum Gasteiger partial charge on any atom is 0.276 e. The van der Waals surface area contributed by atoms with Crippen LogP contribution in [0.25, 0.3) is 11.0 Å². The Hall–Kier alpha value is -1.40. The first-order valence-electron chi connectivity index (χ1n) is 7.67. The first-order chi connectivity index (χ1) is 10.1. The van der Waals surface area contributed by atoms with Crippen LogP contribution in [0.2, 0.25) is 0 Å². The van der Waals surface area contributed by atoms with Gasteiger partial charge in [-0.3, -0.25) is 14.7 Å². The number of likely N-dealkylation sites (N-methyl/N-ethyl adjacent to an activating group) is 1. The molecule has 0 radical (unpaired) electrons. The van der Waals surface area contributed by atoms with Gasteiger partial charge in [0.25, 0.3) is 5.56 Å². The van der Waals surface area contributed by atoms with E-state index in [2.05, 4.69) is 26.5 Å². The first kappa shape index (κ1) is 13.3. The number of piperidine rings is 2. The molecule has 2 bridgehead atoms. The van der Waals surface area contributed by atoms with E-state index in [0.717, 1.165) is 24.0 Å². The quantitative estimate of drug-likeness (QED) is 0.837. The Morgan fingerprint density at radius 3 is 2.81 bits per heavy atom. The van der Waals surface area contributed by atoms with Crippen molar-refractivity contribution in [2.45, 2.75) is 44.3 Å². The number of fused-ring (bicyclic) bond motifs is 4. The van der Waals surface area contributed by atoms with Crippen molar-refractivity contribution in [2.24, 2.45) is 5.92 Å². The van der Waals surface area contributed by atoms with E-state index >= 15 is 0 Å². The van der Waals surface area contributed by atoms with E-state index < -0.39 is 0 Å². The lowest BCUT2D eigenvalue weighted by Crippen LogP contribution is -2.54. The van der Waals surface area contributed by atoms with Gasteiger partial charge < -0.3 is 9.55 Å². The minimum atomic E-state index is -0.130. The van der Waals surface area contributed by atoms with Crippen LogP contribution in [0.5, 0.6) is 0 Å². The van der Waals surface area contributed by atoms with E-state index in [1.54, 1.807) is 0 Å². The van der Waals surface area contributed by atoms with Gasteiger partial charge in [-0.15, -0.1) is 0 Å². The third kappa shape index (κ3) is 2.00. The van der Waals surface area contributed by atoms with Gasteiger partial charge in [-0.25, -0.2) is 0 Å². The highest BCUT2D eigenvalue weighted by atomic mass is 32.1. The van der Waals surface area contributed by atoms with Crippen molar-refractivity contribution in [1.82, 2.24) is 19.4 Å². The molecular weight excluding hydrogens is 284 g/mol. The van der Waals surface area contributed by atoms with Crippen LogP contribution in [0.4, 0.5) is 0 Å². The predicted octanol–water partition coefficient (Wildman–Crippen LogP) is 2.26. The number of H-pyrrole nitrogens is 2. The third-order valence-electron chi connectivity index (χ3n) is 5.46. The maximum atomic E-state index is 11.9. The van der Waals surface area contributed by atoms with Crippen molar-refractivity contribution in [3.05, 3.63) is 27.4 Å². The van der Waals surface area contributed by atoms with Crippen molar-refractivity contribution in [3.63, 3.8) is 0 Å². The van der Waals surface area contributed by atoms with Crippen LogP contribution in [0, 0.1) is 10.7 Å². The standard InChI is InChI=1S/C15H20N4OS/c1-18-10-4-2-9(3-5-10)12(18)8-19-11-6-7-16-13(11)14(20)17-15(19)21/h6-7,9-10,12,16H,2-5,8H2,1H3,(H,17,20,21). The predicted molar refractivity (Wildman–Crippen MR) is 85.0 cm³/mol. The fraction of sp³-hybridized carbons (Fsp3) is 0.600. The number of rotatable bonds is 2. The summed E-state index contributed by atoms with van der Waals surface area (Å²) in [5, 5.41) is 0. The zero-order valence-electron chi connectivity index (χ0n) is 12.1. The van der Waals surface area contributed by atoms with E-state index in [-0.39, 0.29) is 5.56 Å². The van der Waals surface area contributed by atoms with Crippen molar-refractivity contribution >= 4 is 23.3 Å². The summed E-state index contributed by atoms with van der Waals surface area (Å²) < 4.78 is 2.62. The summed E-state index contributed by atoms with van der Waals surface area (Å²) in [5.41, 5.74) is 1.40. The Labute approximate surface area is 128 Å². The number of aromatic amines is 2. The second kappa shape index (κ2) is 4.81. The van der Waals surface area contributed by atoms with E-state index in [1.807, 2.05) is 12.3 Å². The molecule has 2 aromatic rings. The second-order valence-corrected chi connectivity index (χ2v) is 6.80. The minimum absolute atomic E-state index is 0.130. The second-order valence-electron chi connectivity index (χ2n) is 6.41. The zero-order valence-corrected chi connectivity index (χ0v) is 12.9. The summed E-state index contributed by atoms with van der Waals surface area (Å²) in [7, 11) is 2.24. The van der Waals surface area contributed by atoms with Gasteiger partial charge in [0.05, 0.1) is 5.52 Å². The molecule has 2 saturated heterocycles. The largest absolute Gasteiger partial charge is 0.355 e. The number of hydrogen-bond donors (Lipinski definition) is 2. The molecule has 2 aliphatic heterocycles. The molecule has 4 heterocycles. The Kier molecular flexibility index (Phi) is 3.04. The average molecular weight is 304 g/mol. The van der Waals surface area contributed by atoms with Gasteiger partial charge in [-0.05, 0) is 56.9 Å². The summed E-state index contributed by atoms with van der Waals surface area (Å²) in [5.74, 6) is 0.753. The number of hydrogen-bond acceptors (Lipinski definition) is 3. The number of aromatic nitrogens is 3.